The van der Waals surface area contributed by atoms with Gasteiger partial charge in [-0.15, -0.1) is 11.3 Å². The van der Waals surface area contributed by atoms with Crippen molar-refractivity contribution in [2.45, 2.75) is 19.8 Å². The molecule has 2 fully saturated rings. The van der Waals surface area contributed by atoms with E-state index in [0.29, 0.717) is 44.4 Å². The number of carbonyl (C=O) groups is 2. The predicted molar refractivity (Wildman–Crippen MR) is 116 cm³/mol. The van der Waals surface area contributed by atoms with E-state index in [1.54, 1.807) is 11.3 Å². The summed E-state index contributed by atoms with van der Waals surface area (Å²) in [6, 6.07) is 11.3. The highest BCUT2D eigenvalue weighted by atomic mass is 32.1. The minimum atomic E-state index is 0.0443. The van der Waals surface area contributed by atoms with Crippen molar-refractivity contribution in [3.63, 3.8) is 0 Å². The second-order valence-electron chi connectivity index (χ2n) is 7.89. The maximum atomic E-state index is 12.6. The van der Waals surface area contributed by atoms with Crippen LogP contribution in [0.15, 0.2) is 36.4 Å². The number of amides is 2. The van der Waals surface area contributed by atoms with Crippen LogP contribution < -0.4 is 4.74 Å². The number of ether oxygens (including phenoxy) is 2. The van der Waals surface area contributed by atoms with Gasteiger partial charge < -0.3 is 19.3 Å². The molecule has 3 heterocycles. The first-order chi connectivity index (χ1) is 14.6. The molecule has 7 heteroatoms. The summed E-state index contributed by atoms with van der Waals surface area (Å²) in [6.45, 7) is 6.70. The average molecular weight is 429 g/mol. The zero-order valence-corrected chi connectivity index (χ0v) is 18.2. The van der Waals surface area contributed by atoms with Crippen LogP contribution in [0.5, 0.6) is 5.75 Å². The number of nitrogens with zero attached hydrogens (tertiary/aromatic N) is 2. The van der Waals surface area contributed by atoms with Gasteiger partial charge in [0.25, 0.3) is 11.8 Å². The van der Waals surface area contributed by atoms with Gasteiger partial charge in [0.15, 0.2) is 0 Å². The number of piperidine rings is 1. The molecule has 1 aromatic heterocycles. The molecule has 2 aliphatic heterocycles. The number of aryl methyl sites for hydroxylation is 1. The van der Waals surface area contributed by atoms with Crippen LogP contribution in [0, 0.1) is 12.8 Å². The molecule has 2 aromatic rings. The third-order valence-corrected chi connectivity index (χ3v) is 6.73. The van der Waals surface area contributed by atoms with Crippen molar-refractivity contribution in [1.29, 1.82) is 0 Å². The highest BCUT2D eigenvalue weighted by Gasteiger charge is 2.25. The number of benzene rings is 1. The molecule has 160 valence electrons. The molecule has 1 aromatic carbocycles. The van der Waals surface area contributed by atoms with Crippen molar-refractivity contribution in [3.05, 3.63) is 51.7 Å². The van der Waals surface area contributed by atoms with Gasteiger partial charge in [0.2, 0.25) is 0 Å². The first kappa shape index (κ1) is 20.9. The minimum absolute atomic E-state index is 0.0443. The summed E-state index contributed by atoms with van der Waals surface area (Å²) >= 11 is 1.56. The second-order valence-corrected chi connectivity index (χ2v) is 9.17. The Hall–Kier alpha value is -2.38. The van der Waals surface area contributed by atoms with E-state index in [-0.39, 0.29) is 11.8 Å². The Morgan fingerprint density at radius 3 is 2.27 bits per heavy atom. The smallest absolute Gasteiger partial charge is 0.263 e. The third-order valence-electron chi connectivity index (χ3n) is 5.74. The normalized spacial score (nSPS) is 17.8. The number of morpholine rings is 1. The number of thiophene rings is 1. The van der Waals surface area contributed by atoms with Crippen LogP contribution in [0.4, 0.5) is 0 Å². The maximum absolute atomic E-state index is 12.6. The molecule has 0 radical (unpaired) electrons. The number of carbonyl (C=O) groups excluding carboxylic acids is 2. The average Bonchev–Trinajstić information content (AvgIpc) is 3.24. The highest BCUT2D eigenvalue weighted by molar-refractivity contribution is 7.13. The molecule has 0 spiro atoms. The lowest BCUT2D eigenvalue weighted by Crippen LogP contribution is -2.40. The van der Waals surface area contributed by atoms with E-state index < -0.39 is 0 Å². The molecule has 2 aliphatic rings. The lowest BCUT2D eigenvalue weighted by molar-refractivity contribution is 0.0303. The van der Waals surface area contributed by atoms with Crippen molar-refractivity contribution in [2.24, 2.45) is 5.92 Å². The summed E-state index contributed by atoms with van der Waals surface area (Å²) in [5.41, 5.74) is 0.680. The van der Waals surface area contributed by atoms with E-state index in [1.165, 1.54) is 4.88 Å². The molecular weight excluding hydrogens is 400 g/mol. The fourth-order valence-electron chi connectivity index (χ4n) is 3.86. The van der Waals surface area contributed by atoms with Crippen LogP contribution in [0.2, 0.25) is 0 Å². The largest absolute Gasteiger partial charge is 0.493 e. The first-order valence-electron chi connectivity index (χ1n) is 10.6. The van der Waals surface area contributed by atoms with E-state index in [0.717, 1.165) is 36.6 Å². The molecule has 4 rings (SSSR count). The molecule has 0 atom stereocenters. The summed E-state index contributed by atoms with van der Waals surface area (Å²) in [5, 5.41) is 0. The van der Waals surface area contributed by atoms with E-state index in [1.807, 2.05) is 53.1 Å². The Kier molecular flexibility index (Phi) is 6.69. The zero-order valence-electron chi connectivity index (χ0n) is 17.3. The quantitative estimate of drug-likeness (QED) is 0.732. The van der Waals surface area contributed by atoms with Crippen molar-refractivity contribution in [2.75, 3.05) is 46.0 Å². The van der Waals surface area contributed by atoms with Crippen molar-refractivity contribution < 1.29 is 19.1 Å². The molecule has 0 aliphatic carbocycles. The third kappa shape index (κ3) is 5.02. The standard InChI is InChI=1S/C23H28N2O4S/c1-17-2-7-21(30-17)23(27)24-10-8-18(9-11-24)16-29-20-5-3-19(4-6-20)22(26)25-12-14-28-15-13-25/h2-7,18H,8-16H2,1H3. The van der Waals surface area contributed by atoms with Gasteiger partial charge in [0, 0.05) is 36.6 Å². The van der Waals surface area contributed by atoms with Crippen LogP contribution in [0.3, 0.4) is 0 Å². The Bertz CT molecular complexity index is 866. The Balaban J connectivity index is 1.22. The monoisotopic (exact) mass is 428 g/mol. The lowest BCUT2D eigenvalue weighted by atomic mass is 9.97. The number of likely N-dealkylation sites (tertiary alicyclic amines) is 1. The lowest BCUT2D eigenvalue weighted by Gasteiger charge is -2.31. The molecule has 2 amide bonds. The summed E-state index contributed by atoms with van der Waals surface area (Å²) in [4.78, 5) is 30.8. The maximum Gasteiger partial charge on any atom is 0.263 e. The summed E-state index contributed by atoms with van der Waals surface area (Å²) in [5.74, 6) is 1.41. The van der Waals surface area contributed by atoms with Gasteiger partial charge in [0.1, 0.15) is 5.75 Å². The first-order valence-corrected chi connectivity index (χ1v) is 11.4. The predicted octanol–water partition coefficient (Wildman–Crippen LogP) is 3.46. The topological polar surface area (TPSA) is 59.1 Å². The van der Waals surface area contributed by atoms with Crippen LogP contribution >= 0.6 is 11.3 Å². The Morgan fingerprint density at radius 2 is 1.63 bits per heavy atom. The van der Waals surface area contributed by atoms with E-state index in [9.17, 15) is 9.59 Å². The van der Waals surface area contributed by atoms with Gasteiger partial charge in [-0.05, 0) is 62.1 Å². The number of hydrogen-bond acceptors (Lipinski definition) is 5. The van der Waals surface area contributed by atoms with Gasteiger partial charge in [0.05, 0.1) is 24.7 Å². The molecule has 0 saturated carbocycles. The fraction of sp³-hybridized carbons (Fsp3) is 0.478. The molecular formula is C23H28N2O4S. The van der Waals surface area contributed by atoms with Crippen LogP contribution in [-0.4, -0.2) is 67.6 Å². The van der Waals surface area contributed by atoms with Gasteiger partial charge in [-0.1, -0.05) is 0 Å². The van der Waals surface area contributed by atoms with E-state index in [2.05, 4.69) is 0 Å². The molecule has 0 unspecified atom stereocenters. The van der Waals surface area contributed by atoms with Gasteiger partial charge in [-0.3, -0.25) is 9.59 Å². The Labute approximate surface area is 181 Å². The van der Waals surface area contributed by atoms with Crippen molar-refractivity contribution >= 4 is 23.2 Å². The molecule has 0 bridgehead atoms. The second kappa shape index (κ2) is 9.62. The van der Waals surface area contributed by atoms with Crippen molar-refractivity contribution in [1.82, 2.24) is 9.80 Å². The van der Waals surface area contributed by atoms with Gasteiger partial charge in [-0.25, -0.2) is 0 Å². The number of hydrogen-bond donors (Lipinski definition) is 0. The zero-order chi connectivity index (χ0) is 20.9. The summed E-state index contributed by atoms with van der Waals surface area (Å²) in [7, 11) is 0. The number of rotatable bonds is 5. The SMILES string of the molecule is Cc1ccc(C(=O)N2CCC(COc3ccc(C(=O)N4CCOCC4)cc3)CC2)s1. The molecule has 2 saturated heterocycles. The minimum Gasteiger partial charge on any atom is -0.493 e. The molecule has 6 nitrogen and oxygen atoms in total. The van der Waals surface area contributed by atoms with Crippen LogP contribution in [0.1, 0.15) is 37.7 Å². The van der Waals surface area contributed by atoms with Gasteiger partial charge in [-0.2, -0.15) is 0 Å². The summed E-state index contributed by atoms with van der Waals surface area (Å²) in [6.07, 6.45) is 1.90. The van der Waals surface area contributed by atoms with Crippen LogP contribution in [-0.2, 0) is 4.74 Å². The van der Waals surface area contributed by atoms with Gasteiger partial charge >= 0.3 is 0 Å². The molecule has 30 heavy (non-hydrogen) atoms. The van der Waals surface area contributed by atoms with Crippen molar-refractivity contribution in [3.8, 4) is 5.75 Å². The van der Waals surface area contributed by atoms with E-state index in [4.69, 9.17) is 9.47 Å². The fourth-order valence-corrected chi connectivity index (χ4v) is 4.70. The van der Waals surface area contributed by atoms with Crippen LogP contribution in [0.25, 0.3) is 0 Å². The summed E-state index contributed by atoms with van der Waals surface area (Å²) < 4.78 is 11.3. The van der Waals surface area contributed by atoms with E-state index >= 15 is 0 Å². The Morgan fingerprint density at radius 1 is 0.967 bits per heavy atom. The molecule has 0 N–H and O–H groups in total. The highest BCUT2D eigenvalue weighted by Crippen LogP contribution is 2.23.